The largest absolute Gasteiger partial charge is 0.351 e. The number of benzene rings is 1. The molecule has 0 saturated carbocycles. The first-order valence-corrected chi connectivity index (χ1v) is 8.10. The number of amides is 1. The highest BCUT2D eigenvalue weighted by atomic mass is 32.1. The second kappa shape index (κ2) is 5.80. The minimum Gasteiger partial charge on any atom is -0.351 e. The van der Waals surface area contributed by atoms with Crippen molar-refractivity contribution in [2.45, 2.75) is 32.6 Å². The van der Waals surface area contributed by atoms with Gasteiger partial charge in [0.15, 0.2) is 0 Å². The topological polar surface area (TPSA) is 29.1 Å². The summed E-state index contributed by atoms with van der Waals surface area (Å²) in [6, 6.07) is 10.6. The monoisotopic (exact) mass is 285 g/mol. The number of hydrogen-bond acceptors (Lipinski definition) is 2. The average Bonchev–Trinajstić information content (AvgIpc) is 2.92. The van der Waals surface area contributed by atoms with Crippen LogP contribution in [0.5, 0.6) is 0 Å². The van der Waals surface area contributed by atoms with Crippen LogP contribution in [0.25, 0.3) is 10.4 Å². The summed E-state index contributed by atoms with van der Waals surface area (Å²) < 4.78 is 0. The molecule has 3 heteroatoms. The summed E-state index contributed by atoms with van der Waals surface area (Å²) in [7, 11) is 0. The Hall–Kier alpha value is -1.61. The van der Waals surface area contributed by atoms with E-state index < -0.39 is 0 Å². The van der Waals surface area contributed by atoms with Crippen molar-refractivity contribution in [1.82, 2.24) is 5.32 Å². The van der Waals surface area contributed by atoms with Gasteiger partial charge in [0.2, 0.25) is 0 Å². The zero-order valence-corrected chi connectivity index (χ0v) is 12.6. The van der Waals surface area contributed by atoms with E-state index in [1.165, 1.54) is 21.6 Å². The molecule has 0 unspecified atom stereocenters. The van der Waals surface area contributed by atoms with Crippen molar-refractivity contribution in [2.24, 2.45) is 0 Å². The van der Waals surface area contributed by atoms with Gasteiger partial charge in [0.05, 0.1) is 4.88 Å². The molecule has 0 spiro atoms. The molecule has 20 heavy (non-hydrogen) atoms. The minimum absolute atomic E-state index is 0.0790. The van der Waals surface area contributed by atoms with Crippen LogP contribution in [-0.2, 0) is 12.8 Å². The number of aryl methyl sites for hydroxylation is 2. The van der Waals surface area contributed by atoms with Gasteiger partial charge in [-0.15, -0.1) is 11.3 Å². The third-order valence-corrected chi connectivity index (χ3v) is 4.98. The molecular weight excluding hydrogens is 266 g/mol. The summed E-state index contributed by atoms with van der Waals surface area (Å²) in [5.41, 5.74) is 4.04. The number of rotatable bonds is 4. The van der Waals surface area contributed by atoms with Crippen molar-refractivity contribution < 1.29 is 4.79 Å². The maximum atomic E-state index is 12.1. The fraction of sp³-hybridized carbons (Fsp3) is 0.353. The third-order valence-electron chi connectivity index (χ3n) is 3.77. The molecule has 104 valence electrons. The summed E-state index contributed by atoms with van der Waals surface area (Å²) in [6.07, 6.45) is 4.27. The summed E-state index contributed by atoms with van der Waals surface area (Å²) in [6.45, 7) is 2.90. The number of hydrogen-bond donors (Lipinski definition) is 1. The molecule has 0 bridgehead atoms. The maximum absolute atomic E-state index is 12.1. The van der Waals surface area contributed by atoms with E-state index in [0.29, 0.717) is 0 Å². The Morgan fingerprint density at radius 3 is 2.90 bits per heavy atom. The highest BCUT2D eigenvalue weighted by Gasteiger charge is 2.20. The number of fused-ring (bicyclic) bond motifs is 3. The first-order chi connectivity index (χ1) is 9.79. The minimum atomic E-state index is 0.0790. The number of thiophene rings is 1. The van der Waals surface area contributed by atoms with Gasteiger partial charge in [0.1, 0.15) is 0 Å². The summed E-state index contributed by atoms with van der Waals surface area (Å²) in [4.78, 5) is 14.3. The average molecular weight is 285 g/mol. The molecule has 1 N–H and O–H groups in total. The molecular formula is C17H19NOS. The Labute approximate surface area is 123 Å². The smallest absolute Gasteiger partial charge is 0.261 e. The highest BCUT2D eigenvalue weighted by molar-refractivity contribution is 7.17. The zero-order chi connectivity index (χ0) is 13.9. The van der Waals surface area contributed by atoms with Crippen molar-refractivity contribution in [3.63, 3.8) is 0 Å². The fourth-order valence-electron chi connectivity index (χ4n) is 2.65. The van der Waals surface area contributed by atoms with Gasteiger partial charge >= 0.3 is 0 Å². The molecule has 1 aromatic carbocycles. The molecule has 0 saturated heterocycles. The molecule has 2 nitrogen and oxygen atoms in total. The van der Waals surface area contributed by atoms with Gasteiger partial charge in [0, 0.05) is 11.4 Å². The van der Waals surface area contributed by atoms with E-state index in [0.717, 1.165) is 37.1 Å². The van der Waals surface area contributed by atoms with Crippen molar-refractivity contribution in [2.75, 3.05) is 6.54 Å². The van der Waals surface area contributed by atoms with Crippen LogP contribution in [0.3, 0.4) is 0 Å². The van der Waals surface area contributed by atoms with E-state index >= 15 is 0 Å². The lowest BCUT2D eigenvalue weighted by atomic mass is 9.91. The molecule has 1 aliphatic carbocycles. The van der Waals surface area contributed by atoms with Gasteiger partial charge in [-0.3, -0.25) is 4.79 Å². The predicted molar refractivity (Wildman–Crippen MR) is 84.4 cm³/mol. The molecule has 3 rings (SSSR count). The summed E-state index contributed by atoms with van der Waals surface area (Å²) in [5, 5.41) is 3.00. The lowest BCUT2D eigenvalue weighted by Crippen LogP contribution is -2.23. The lowest BCUT2D eigenvalue weighted by Gasteiger charge is -2.15. The highest BCUT2D eigenvalue weighted by Crippen LogP contribution is 2.39. The van der Waals surface area contributed by atoms with E-state index in [4.69, 9.17) is 0 Å². The molecule has 2 aromatic rings. The second-order valence-electron chi connectivity index (χ2n) is 5.23. The van der Waals surface area contributed by atoms with E-state index in [1.54, 1.807) is 11.3 Å². The van der Waals surface area contributed by atoms with E-state index in [9.17, 15) is 4.79 Å². The molecule has 0 fully saturated rings. The van der Waals surface area contributed by atoms with Crippen molar-refractivity contribution >= 4 is 17.2 Å². The van der Waals surface area contributed by atoms with Gasteiger partial charge < -0.3 is 5.32 Å². The first kappa shape index (κ1) is 13.4. The number of unbranched alkanes of at least 4 members (excludes halogenated alkanes) is 1. The Kier molecular flexibility index (Phi) is 3.88. The molecule has 1 aromatic heterocycles. The Morgan fingerprint density at radius 1 is 1.25 bits per heavy atom. The SMILES string of the molecule is CCCCNC(=O)c1cc2c(s1)-c1ccccc1CC2. The van der Waals surface area contributed by atoms with Gasteiger partial charge in [-0.1, -0.05) is 37.6 Å². The van der Waals surface area contributed by atoms with Crippen molar-refractivity contribution in [3.8, 4) is 10.4 Å². The third kappa shape index (κ3) is 2.50. The van der Waals surface area contributed by atoms with Crippen LogP contribution in [0.15, 0.2) is 30.3 Å². The number of carbonyl (C=O) groups is 1. The Balaban J connectivity index is 1.85. The molecule has 0 radical (unpaired) electrons. The molecule has 1 amide bonds. The number of carbonyl (C=O) groups excluding carboxylic acids is 1. The standard InChI is InChI=1S/C17H19NOS/c1-2-3-10-18-17(19)15-11-13-9-8-12-6-4-5-7-14(12)16(13)20-15/h4-7,11H,2-3,8-10H2,1H3,(H,18,19). The molecule has 1 heterocycles. The Bertz CT molecular complexity index is 630. The van der Waals surface area contributed by atoms with Crippen molar-refractivity contribution in [3.05, 3.63) is 46.3 Å². The quantitative estimate of drug-likeness (QED) is 0.844. The summed E-state index contributed by atoms with van der Waals surface area (Å²) in [5.74, 6) is 0.0790. The summed E-state index contributed by atoms with van der Waals surface area (Å²) >= 11 is 1.63. The Morgan fingerprint density at radius 2 is 2.05 bits per heavy atom. The van der Waals surface area contributed by atoms with E-state index in [2.05, 4.69) is 42.6 Å². The van der Waals surface area contributed by atoms with Gasteiger partial charge in [-0.05, 0) is 42.0 Å². The van der Waals surface area contributed by atoms with Crippen LogP contribution in [0.4, 0.5) is 0 Å². The van der Waals surface area contributed by atoms with Crippen LogP contribution in [-0.4, -0.2) is 12.5 Å². The zero-order valence-electron chi connectivity index (χ0n) is 11.7. The van der Waals surface area contributed by atoms with Gasteiger partial charge in [0.25, 0.3) is 5.91 Å². The van der Waals surface area contributed by atoms with Gasteiger partial charge in [-0.2, -0.15) is 0 Å². The molecule has 0 aliphatic heterocycles. The van der Waals surface area contributed by atoms with Crippen LogP contribution in [0, 0.1) is 0 Å². The van der Waals surface area contributed by atoms with Crippen LogP contribution >= 0.6 is 11.3 Å². The lowest BCUT2D eigenvalue weighted by molar-refractivity contribution is 0.0957. The van der Waals surface area contributed by atoms with Crippen LogP contribution in [0.1, 0.15) is 40.6 Å². The second-order valence-corrected chi connectivity index (χ2v) is 6.28. The normalized spacial score (nSPS) is 12.7. The molecule has 1 aliphatic rings. The number of nitrogens with one attached hydrogen (secondary N) is 1. The fourth-order valence-corrected chi connectivity index (χ4v) is 3.84. The molecule has 0 atom stereocenters. The van der Waals surface area contributed by atoms with Gasteiger partial charge in [-0.25, -0.2) is 0 Å². The van der Waals surface area contributed by atoms with Crippen LogP contribution < -0.4 is 5.32 Å². The predicted octanol–water partition coefficient (Wildman–Crippen LogP) is 4.04. The van der Waals surface area contributed by atoms with E-state index in [-0.39, 0.29) is 5.91 Å². The van der Waals surface area contributed by atoms with Crippen LogP contribution in [0.2, 0.25) is 0 Å². The maximum Gasteiger partial charge on any atom is 0.261 e. The first-order valence-electron chi connectivity index (χ1n) is 7.28. The van der Waals surface area contributed by atoms with E-state index in [1.807, 2.05) is 0 Å². The van der Waals surface area contributed by atoms with Crippen molar-refractivity contribution in [1.29, 1.82) is 0 Å².